The van der Waals surface area contributed by atoms with Crippen LogP contribution in [0.1, 0.15) is 17.7 Å². The monoisotopic (exact) mass is 303 g/mol. The highest BCUT2D eigenvalue weighted by Crippen LogP contribution is 2.41. The molecule has 104 valence electrons. The van der Waals surface area contributed by atoms with Crippen molar-refractivity contribution in [3.8, 4) is 0 Å². The van der Waals surface area contributed by atoms with E-state index in [0.717, 1.165) is 5.56 Å². The van der Waals surface area contributed by atoms with Crippen molar-refractivity contribution in [3.63, 3.8) is 0 Å². The number of sulfone groups is 1. The van der Waals surface area contributed by atoms with E-state index >= 15 is 0 Å². The molecular weight excluding hydrogens is 290 g/mol. The first-order valence-electron chi connectivity index (χ1n) is 6.04. The Morgan fingerprint density at radius 2 is 2.21 bits per heavy atom. The second kappa shape index (κ2) is 4.41. The standard InChI is InChI=1S/C12H14ClNO4S/c1-19(15,16)9-6-10(13)14-11-8(9)2-4-18-12(11)3-5-17-7-12/h6H,2-5,7H2,1H3. The van der Waals surface area contributed by atoms with E-state index in [2.05, 4.69) is 4.98 Å². The van der Waals surface area contributed by atoms with Gasteiger partial charge in [-0.1, -0.05) is 11.6 Å². The maximum absolute atomic E-state index is 11.9. The van der Waals surface area contributed by atoms with Crippen molar-refractivity contribution < 1.29 is 17.9 Å². The average Bonchev–Trinajstić information content (AvgIpc) is 2.78. The van der Waals surface area contributed by atoms with E-state index in [4.69, 9.17) is 21.1 Å². The molecule has 2 aliphatic rings. The van der Waals surface area contributed by atoms with E-state index in [1.54, 1.807) is 0 Å². The van der Waals surface area contributed by atoms with E-state index < -0.39 is 15.4 Å². The molecule has 2 aliphatic heterocycles. The molecule has 19 heavy (non-hydrogen) atoms. The number of nitrogens with zero attached hydrogens (tertiary/aromatic N) is 1. The third-order valence-electron chi connectivity index (χ3n) is 3.60. The van der Waals surface area contributed by atoms with Gasteiger partial charge in [-0.15, -0.1) is 0 Å². The van der Waals surface area contributed by atoms with Crippen LogP contribution in [0.15, 0.2) is 11.0 Å². The van der Waals surface area contributed by atoms with Crippen molar-refractivity contribution in [1.29, 1.82) is 0 Å². The van der Waals surface area contributed by atoms with Crippen LogP contribution in [0.2, 0.25) is 5.15 Å². The van der Waals surface area contributed by atoms with Gasteiger partial charge >= 0.3 is 0 Å². The topological polar surface area (TPSA) is 65.5 Å². The molecule has 0 amide bonds. The summed E-state index contributed by atoms with van der Waals surface area (Å²) in [5.41, 5.74) is 0.727. The minimum Gasteiger partial charge on any atom is -0.378 e. The van der Waals surface area contributed by atoms with Gasteiger partial charge in [-0.25, -0.2) is 13.4 Å². The summed E-state index contributed by atoms with van der Waals surface area (Å²) < 4.78 is 35.0. The highest BCUT2D eigenvalue weighted by molar-refractivity contribution is 7.90. The van der Waals surface area contributed by atoms with Crippen LogP contribution in [0.25, 0.3) is 0 Å². The fourth-order valence-electron chi connectivity index (χ4n) is 2.73. The van der Waals surface area contributed by atoms with Crippen LogP contribution in [0.3, 0.4) is 0 Å². The highest BCUT2D eigenvalue weighted by Gasteiger charge is 2.44. The predicted octanol–water partition coefficient (Wildman–Crippen LogP) is 1.33. The summed E-state index contributed by atoms with van der Waals surface area (Å²) in [5.74, 6) is 0. The smallest absolute Gasteiger partial charge is 0.175 e. The maximum atomic E-state index is 11.9. The Hall–Kier alpha value is -0.690. The lowest BCUT2D eigenvalue weighted by Crippen LogP contribution is -2.38. The summed E-state index contributed by atoms with van der Waals surface area (Å²) in [6.45, 7) is 1.46. The van der Waals surface area contributed by atoms with Crippen molar-refractivity contribution in [1.82, 2.24) is 4.98 Å². The molecule has 1 unspecified atom stereocenters. The predicted molar refractivity (Wildman–Crippen MR) is 69.1 cm³/mol. The second-order valence-electron chi connectivity index (χ2n) is 4.94. The Bertz CT molecular complexity index is 623. The lowest BCUT2D eigenvalue weighted by atomic mass is 9.90. The molecule has 1 aromatic rings. The van der Waals surface area contributed by atoms with E-state index in [1.807, 2.05) is 0 Å². The Balaban J connectivity index is 2.26. The lowest BCUT2D eigenvalue weighted by molar-refractivity contribution is -0.0671. The molecule has 0 radical (unpaired) electrons. The molecule has 1 aromatic heterocycles. The SMILES string of the molecule is CS(=O)(=O)c1cc(Cl)nc2c1CCOC21CCOC1. The lowest BCUT2D eigenvalue weighted by Gasteiger charge is -2.34. The Morgan fingerprint density at radius 3 is 2.84 bits per heavy atom. The first-order valence-corrected chi connectivity index (χ1v) is 8.31. The highest BCUT2D eigenvalue weighted by atomic mass is 35.5. The minimum atomic E-state index is -3.33. The van der Waals surface area contributed by atoms with Gasteiger partial charge in [0.25, 0.3) is 0 Å². The number of hydrogen-bond donors (Lipinski definition) is 0. The summed E-state index contributed by atoms with van der Waals surface area (Å²) in [5, 5.41) is 0.177. The third kappa shape index (κ3) is 2.16. The van der Waals surface area contributed by atoms with Gasteiger partial charge in [0.2, 0.25) is 0 Å². The first kappa shape index (κ1) is 13.3. The van der Waals surface area contributed by atoms with Crippen LogP contribution in [0.4, 0.5) is 0 Å². The zero-order valence-electron chi connectivity index (χ0n) is 10.5. The van der Waals surface area contributed by atoms with Crippen molar-refractivity contribution in [2.75, 3.05) is 26.1 Å². The van der Waals surface area contributed by atoms with Crippen molar-refractivity contribution >= 4 is 21.4 Å². The minimum absolute atomic E-state index is 0.177. The molecule has 3 heterocycles. The van der Waals surface area contributed by atoms with Gasteiger partial charge in [-0.2, -0.15) is 0 Å². The number of fused-ring (bicyclic) bond motifs is 2. The number of aromatic nitrogens is 1. The molecule has 7 heteroatoms. The second-order valence-corrected chi connectivity index (χ2v) is 7.31. The molecule has 1 spiro atoms. The molecule has 0 N–H and O–H groups in total. The van der Waals surface area contributed by atoms with Crippen LogP contribution in [0, 0.1) is 0 Å². The van der Waals surface area contributed by atoms with E-state index in [1.165, 1.54) is 12.3 Å². The Morgan fingerprint density at radius 1 is 1.42 bits per heavy atom. The van der Waals surface area contributed by atoms with Crippen LogP contribution in [0.5, 0.6) is 0 Å². The number of halogens is 1. The van der Waals surface area contributed by atoms with E-state index in [0.29, 0.717) is 38.4 Å². The molecule has 1 atom stereocenters. The molecule has 1 fully saturated rings. The van der Waals surface area contributed by atoms with E-state index in [-0.39, 0.29) is 10.0 Å². The van der Waals surface area contributed by atoms with Crippen LogP contribution in [-0.2, 0) is 31.3 Å². The van der Waals surface area contributed by atoms with Gasteiger partial charge in [0.15, 0.2) is 9.84 Å². The van der Waals surface area contributed by atoms with Crippen molar-refractivity contribution in [2.45, 2.75) is 23.3 Å². The summed E-state index contributed by atoms with van der Waals surface area (Å²) in [4.78, 5) is 4.58. The zero-order valence-corrected chi connectivity index (χ0v) is 12.1. The summed E-state index contributed by atoms with van der Waals surface area (Å²) >= 11 is 5.98. The van der Waals surface area contributed by atoms with Crippen molar-refractivity contribution in [2.24, 2.45) is 0 Å². The normalized spacial score (nSPS) is 26.6. The summed E-state index contributed by atoms with van der Waals surface area (Å²) in [6.07, 6.45) is 2.40. The summed E-state index contributed by atoms with van der Waals surface area (Å²) in [6, 6.07) is 1.42. The molecule has 5 nitrogen and oxygen atoms in total. The van der Waals surface area contributed by atoms with Gasteiger partial charge in [0.05, 0.1) is 23.8 Å². The number of rotatable bonds is 1. The van der Waals surface area contributed by atoms with Gasteiger partial charge < -0.3 is 9.47 Å². The number of ether oxygens (including phenoxy) is 2. The molecule has 0 aliphatic carbocycles. The van der Waals surface area contributed by atoms with Gasteiger partial charge in [-0.05, 0) is 18.1 Å². The van der Waals surface area contributed by atoms with Gasteiger partial charge in [-0.3, -0.25) is 0 Å². The maximum Gasteiger partial charge on any atom is 0.175 e. The molecule has 1 saturated heterocycles. The number of pyridine rings is 1. The van der Waals surface area contributed by atoms with Gasteiger partial charge in [0.1, 0.15) is 10.8 Å². The Kier molecular flexibility index (Phi) is 3.09. The third-order valence-corrected chi connectivity index (χ3v) is 4.96. The van der Waals surface area contributed by atoms with Gasteiger partial charge in [0, 0.05) is 19.3 Å². The Labute approximate surface area is 116 Å². The molecule has 3 rings (SSSR count). The fourth-order valence-corrected chi connectivity index (χ4v) is 3.96. The van der Waals surface area contributed by atoms with E-state index in [9.17, 15) is 8.42 Å². The zero-order chi connectivity index (χ0) is 13.7. The van der Waals surface area contributed by atoms with Crippen LogP contribution >= 0.6 is 11.6 Å². The fraction of sp³-hybridized carbons (Fsp3) is 0.583. The largest absolute Gasteiger partial charge is 0.378 e. The van der Waals surface area contributed by atoms with Crippen molar-refractivity contribution in [3.05, 3.63) is 22.5 Å². The quantitative estimate of drug-likeness (QED) is 0.732. The average molecular weight is 304 g/mol. The molecule has 0 bridgehead atoms. The molecule has 0 aromatic carbocycles. The van der Waals surface area contributed by atoms with Crippen LogP contribution in [-0.4, -0.2) is 39.5 Å². The first-order chi connectivity index (χ1) is 8.92. The summed E-state index contributed by atoms with van der Waals surface area (Å²) in [7, 11) is -3.33. The number of hydrogen-bond acceptors (Lipinski definition) is 5. The molecular formula is C12H14ClNO4S. The van der Waals surface area contributed by atoms with Crippen LogP contribution < -0.4 is 0 Å². The molecule has 0 saturated carbocycles.